The molecule has 3 amide bonds. The number of methoxy groups -OCH3 is 1. The fourth-order valence-electron chi connectivity index (χ4n) is 2.51. The minimum atomic E-state index is -0.0633. The van der Waals surface area contributed by atoms with Gasteiger partial charge >= 0.3 is 6.03 Å². The molecule has 0 radical (unpaired) electrons. The van der Waals surface area contributed by atoms with Gasteiger partial charge < -0.3 is 19.9 Å². The van der Waals surface area contributed by atoms with Crippen molar-refractivity contribution in [2.75, 3.05) is 39.8 Å². The fourth-order valence-corrected chi connectivity index (χ4v) is 2.51. The first-order valence-corrected chi connectivity index (χ1v) is 7.53. The molecule has 0 bridgehead atoms. The van der Waals surface area contributed by atoms with E-state index in [9.17, 15) is 9.59 Å². The largest absolute Gasteiger partial charge is 0.496 e. The Kier molecular flexibility index (Phi) is 5.25. The molecule has 2 rings (SSSR count). The number of carbonyl (C=O) groups excluding carboxylic acids is 2. The minimum Gasteiger partial charge on any atom is -0.496 e. The Balaban J connectivity index is 1.99. The van der Waals surface area contributed by atoms with Crippen LogP contribution < -0.4 is 10.1 Å². The summed E-state index contributed by atoms with van der Waals surface area (Å²) < 4.78 is 5.27. The molecule has 1 N–H and O–H groups in total. The van der Waals surface area contributed by atoms with Crippen LogP contribution in [0.2, 0.25) is 0 Å². The summed E-state index contributed by atoms with van der Waals surface area (Å²) in [5.74, 6) is 0.695. The Morgan fingerprint density at radius 1 is 1.18 bits per heavy atom. The molecule has 22 heavy (non-hydrogen) atoms. The number of rotatable bonds is 3. The lowest BCUT2D eigenvalue weighted by Crippen LogP contribution is -2.53. The zero-order chi connectivity index (χ0) is 16.1. The lowest BCUT2D eigenvalue weighted by Gasteiger charge is -2.34. The Morgan fingerprint density at radius 3 is 2.41 bits per heavy atom. The van der Waals surface area contributed by atoms with Gasteiger partial charge in [0.15, 0.2) is 0 Å². The normalized spacial score (nSPS) is 14.7. The summed E-state index contributed by atoms with van der Waals surface area (Å²) in [4.78, 5) is 27.8. The molecule has 0 atom stereocenters. The van der Waals surface area contributed by atoms with Crippen LogP contribution in [0.5, 0.6) is 5.75 Å². The second-order valence-electron chi connectivity index (χ2n) is 5.30. The van der Waals surface area contributed by atoms with E-state index in [1.165, 1.54) is 0 Å². The fraction of sp³-hybridized carbons (Fsp3) is 0.500. The third kappa shape index (κ3) is 3.50. The van der Waals surface area contributed by atoms with Crippen LogP contribution >= 0.6 is 0 Å². The van der Waals surface area contributed by atoms with E-state index in [4.69, 9.17) is 4.74 Å². The van der Waals surface area contributed by atoms with Crippen molar-refractivity contribution in [2.45, 2.75) is 13.8 Å². The first-order chi connectivity index (χ1) is 10.6. The van der Waals surface area contributed by atoms with Gasteiger partial charge in [0.05, 0.1) is 7.11 Å². The summed E-state index contributed by atoms with van der Waals surface area (Å²) >= 11 is 0. The van der Waals surface area contributed by atoms with Crippen LogP contribution in [0.1, 0.15) is 22.8 Å². The number of piperazine rings is 1. The van der Waals surface area contributed by atoms with E-state index in [1.807, 2.05) is 26.0 Å². The van der Waals surface area contributed by atoms with Crippen LogP contribution in [-0.4, -0.2) is 61.6 Å². The minimum absolute atomic E-state index is 0.0196. The van der Waals surface area contributed by atoms with Crippen molar-refractivity contribution in [3.05, 3.63) is 29.3 Å². The second-order valence-corrected chi connectivity index (χ2v) is 5.30. The maximum atomic E-state index is 12.5. The van der Waals surface area contributed by atoms with Crippen LogP contribution in [0.15, 0.2) is 18.2 Å². The Hall–Kier alpha value is -2.24. The SMILES string of the molecule is CCNC(=O)N1CCN(C(=O)c2ccc(C)c(OC)c2)CC1. The second kappa shape index (κ2) is 7.15. The van der Waals surface area contributed by atoms with Gasteiger partial charge in [0.2, 0.25) is 0 Å². The number of nitrogens with zero attached hydrogens (tertiary/aromatic N) is 2. The molecule has 0 aromatic heterocycles. The maximum Gasteiger partial charge on any atom is 0.317 e. The number of ether oxygens (including phenoxy) is 1. The third-order valence-corrected chi connectivity index (χ3v) is 3.84. The molecule has 0 aliphatic carbocycles. The number of benzene rings is 1. The summed E-state index contributed by atoms with van der Waals surface area (Å²) in [6, 6.07) is 5.41. The van der Waals surface area contributed by atoms with E-state index < -0.39 is 0 Å². The summed E-state index contributed by atoms with van der Waals surface area (Å²) in [7, 11) is 1.60. The van der Waals surface area contributed by atoms with Crippen LogP contribution in [0.3, 0.4) is 0 Å². The maximum absolute atomic E-state index is 12.5. The molecule has 120 valence electrons. The standard InChI is InChI=1S/C16H23N3O3/c1-4-17-16(21)19-9-7-18(8-10-19)15(20)13-6-5-12(2)14(11-13)22-3/h5-6,11H,4,7-10H2,1-3H3,(H,17,21). The van der Waals surface area contributed by atoms with Crippen molar-refractivity contribution in [1.82, 2.24) is 15.1 Å². The van der Waals surface area contributed by atoms with Gasteiger partial charge in [-0.2, -0.15) is 0 Å². The van der Waals surface area contributed by atoms with Crippen molar-refractivity contribution in [2.24, 2.45) is 0 Å². The molecule has 1 fully saturated rings. The van der Waals surface area contributed by atoms with E-state index >= 15 is 0 Å². The zero-order valence-electron chi connectivity index (χ0n) is 13.4. The monoisotopic (exact) mass is 305 g/mol. The average molecular weight is 305 g/mol. The Morgan fingerprint density at radius 2 is 1.82 bits per heavy atom. The van der Waals surface area contributed by atoms with Crippen molar-refractivity contribution in [3.8, 4) is 5.75 Å². The lowest BCUT2D eigenvalue weighted by atomic mass is 10.1. The predicted octanol–water partition coefficient (Wildman–Crippen LogP) is 1.49. The van der Waals surface area contributed by atoms with Gasteiger partial charge in [-0.1, -0.05) is 6.07 Å². The van der Waals surface area contributed by atoms with Gasteiger partial charge in [0.1, 0.15) is 5.75 Å². The Bertz CT molecular complexity index is 552. The first kappa shape index (κ1) is 16.1. The van der Waals surface area contributed by atoms with Crippen LogP contribution in [0.25, 0.3) is 0 Å². The highest BCUT2D eigenvalue weighted by Gasteiger charge is 2.24. The van der Waals surface area contributed by atoms with Gasteiger partial charge in [0, 0.05) is 38.3 Å². The molecule has 6 heteroatoms. The topological polar surface area (TPSA) is 61.9 Å². The Labute approximate surface area is 131 Å². The van der Waals surface area contributed by atoms with Crippen LogP contribution in [0.4, 0.5) is 4.79 Å². The van der Waals surface area contributed by atoms with Gasteiger partial charge in [-0.05, 0) is 31.5 Å². The molecular formula is C16H23N3O3. The highest BCUT2D eigenvalue weighted by molar-refractivity contribution is 5.95. The average Bonchev–Trinajstić information content (AvgIpc) is 2.55. The van der Waals surface area contributed by atoms with Crippen molar-refractivity contribution < 1.29 is 14.3 Å². The summed E-state index contributed by atoms with van der Waals surface area (Å²) in [6.45, 7) is 6.65. The molecule has 1 aromatic rings. The molecule has 1 aliphatic rings. The first-order valence-electron chi connectivity index (χ1n) is 7.53. The molecule has 1 aliphatic heterocycles. The van der Waals surface area contributed by atoms with Gasteiger partial charge in [-0.15, -0.1) is 0 Å². The van der Waals surface area contributed by atoms with Gasteiger partial charge in [-0.3, -0.25) is 4.79 Å². The van der Waals surface area contributed by atoms with E-state index in [0.29, 0.717) is 44.0 Å². The quantitative estimate of drug-likeness (QED) is 0.920. The molecule has 0 saturated carbocycles. The number of carbonyl (C=O) groups is 2. The highest BCUT2D eigenvalue weighted by Crippen LogP contribution is 2.20. The molecule has 0 spiro atoms. The van der Waals surface area contributed by atoms with Crippen molar-refractivity contribution in [3.63, 3.8) is 0 Å². The van der Waals surface area contributed by atoms with Gasteiger partial charge in [0.25, 0.3) is 5.91 Å². The molecule has 0 unspecified atom stereocenters. The summed E-state index contributed by atoms with van der Waals surface area (Å²) in [5, 5.41) is 2.78. The van der Waals surface area contributed by atoms with E-state index in [2.05, 4.69) is 5.32 Å². The zero-order valence-corrected chi connectivity index (χ0v) is 13.4. The number of hydrogen-bond acceptors (Lipinski definition) is 3. The number of urea groups is 1. The predicted molar refractivity (Wildman–Crippen MR) is 84.3 cm³/mol. The molecule has 1 heterocycles. The van der Waals surface area contributed by atoms with E-state index in [1.54, 1.807) is 23.0 Å². The smallest absolute Gasteiger partial charge is 0.317 e. The van der Waals surface area contributed by atoms with E-state index in [0.717, 1.165) is 5.56 Å². The molecular weight excluding hydrogens is 282 g/mol. The molecule has 1 saturated heterocycles. The number of nitrogens with one attached hydrogen (secondary N) is 1. The summed E-state index contributed by atoms with van der Waals surface area (Å²) in [5.41, 5.74) is 1.62. The molecule has 6 nitrogen and oxygen atoms in total. The third-order valence-electron chi connectivity index (χ3n) is 3.84. The molecule has 1 aromatic carbocycles. The van der Waals surface area contributed by atoms with Crippen molar-refractivity contribution >= 4 is 11.9 Å². The number of aryl methyl sites for hydroxylation is 1. The highest BCUT2D eigenvalue weighted by atomic mass is 16.5. The van der Waals surface area contributed by atoms with Gasteiger partial charge in [-0.25, -0.2) is 4.79 Å². The lowest BCUT2D eigenvalue weighted by molar-refractivity contribution is 0.0665. The number of hydrogen-bond donors (Lipinski definition) is 1. The van der Waals surface area contributed by atoms with Crippen LogP contribution in [-0.2, 0) is 0 Å². The van der Waals surface area contributed by atoms with Crippen LogP contribution in [0, 0.1) is 6.92 Å². The van der Waals surface area contributed by atoms with Crippen molar-refractivity contribution in [1.29, 1.82) is 0 Å². The number of amides is 3. The van der Waals surface area contributed by atoms with E-state index in [-0.39, 0.29) is 11.9 Å². The summed E-state index contributed by atoms with van der Waals surface area (Å²) in [6.07, 6.45) is 0.